The van der Waals surface area contributed by atoms with Crippen LogP contribution in [0.4, 0.5) is 4.39 Å². The molecule has 2 aromatic rings. The first-order chi connectivity index (χ1) is 9.60. The summed E-state index contributed by atoms with van der Waals surface area (Å²) >= 11 is 0. The van der Waals surface area contributed by atoms with Crippen molar-refractivity contribution in [2.45, 2.75) is 39.8 Å². The van der Waals surface area contributed by atoms with Crippen LogP contribution in [0.5, 0.6) is 0 Å². The van der Waals surface area contributed by atoms with Crippen molar-refractivity contribution in [3.8, 4) is 0 Å². The summed E-state index contributed by atoms with van der Waals surface area (Å²) in [7, 11) is 0. The van der Waals surface area contributed by atoms with E-state index >= 15 is 0 Å². The molecule has 1 aromatic carbocycles. The van der Waals surface area contributed by atoms with E-state index in [2.05, 4.69) is 17.4 Å². The van der Waals surface area contributed by atoms with Crippen LogP contribution in [0, 0.1) is 12.7 Å². The van der Waals surface area contributed by atoms with Gasteiger partial charge in [-0.25, -0.2) is 9.82 Å². The van der Waals surface area contributed by atoms with Crippen LogP contribution in [-0.4, -0.2) is 9.78 Å². The van der Waals surface area contributed by atoms with Gasteiger partial charge in [0, 0.05) is 6.54 Å². The number of hydrogen-bond donors (Lipinski definition) is 2. The Morgan fingerprint density at radius 2 is 2.10 bits per heavy atom. The van der Waals surface area contributed by atoms with E-state index in [0.29, 0.717) is 0 Å². The van der Waals surface area contributed by atoms with Crippen LogP contribution < -0.4 is 11.3 Å². The molecule has 0 saturated heterocycles. The molecule has 0 bridgehead atoms. The zero-order valence-electron chi connectivity index (χ0n) is 12.2. The molecule has 2 rings (SSSR count). The molecule has 0 spiro atoms. The molecule has 0 aliphatic heterocycles. The lowest BCUT2D eigenvalue weighted by atomic mass is 9.98. The molecule has 1 heterocycles. The van der Waals surface area contributed by atoms with E-state index in [1.807, 2.05) is 24.6 Å². The number of aromatic nitrogens is 2. The predicted molar refractivity (Wildman–Crippen MR) is 77.6 cm³/mol. The van der Waals surface area contributed by atoms with Crippen molar-refractivity contribution in [2.75, 3.05) is 0 Å². The molecule has 5 heteroatoms. The SMILES string of the molecule is CCc1cc(C(NN)c2cc(F)ccc2C)n(CC)n1. The third-order valence-electron chi connectivity index (χ3n) is 3.54. The van der Waals surface area contributed by atoms with Crippen molar-refractivity contribution in [2.24, 2.45) is 5.84 Å². The fraction of sp³-hybridized carbons (Fsp3) is 0.400. The Kier molecular flexibility index (Phi) is 4.52. The third-order valence-corrected chi connectivity index (χ3v) is 3.54. The number of nitrogens with two attached hydrogens (primary N) is 1. The van der Waals surface area contributed by atoms with Crippen LogP contribution in [0.25, 0.3) is 0 Å². The van der Waals surface area contributed by atoms with Gasteiger partial charge in [-0.2, -0.15) is 5.10 Å². The number of aryl methyl sites for hydroxylation is 3. The highest BCUT2D eigenvalue weighted by Crippen LogP contribution is 2.26. The van der Waals surface area contributed by atoms with E-state index in [1.54, 1.807) is 6.07 Å². The first kappa shape index (κ1) is 14.7. The lowest BCUT2D eigenvalue weighted by molar-refractivity contribution is 0.536. The summed E-state index contributed by atoms with van der Waals surface area (Å²) < 4.78 is 15.4. The molecule has 0 radical (unpaired) electrons. The zero-order chi connectivity index (χ0) is 14.7. The van der Waals surface area contributed by atoms with Crippen molar-refractivity contribution in [1.29, 1.82) is 0 Å². The summed E-state index contributed by atoms with van der Waals surface area (Å²) in [6.45, 7) is 6.79. The molecular weight excluding hydrogens is 255 g/mol. The Bertz CT molecular complexity index is 592. The lowest BCUT2D eigenvalue weighted by Gasteiger charge is -2.19. The number of rotatable bonds is 5. The van der Waals surface area contributed by atoms with E-state index in [0.717, 1.165) is 35.5 Å². The number of nitrogens with zero attached hydrogens (tertiary/aromatic N) is 2. The third kappa shape index (κ3) is 2.73. The minimum atomic E-state index is -0.265. The highest BCUT2D eigenvalue weighted by Gasteiger charge is 2.20. The van der Waals surface area contributed by atoms with Crippen molar-refractivity contribution in [3.05, 3.63) is 52.6 Å². The lowest BCUT2D eigenvalue weighted by Crippen LogP contribution is -2.31. The van der Waals surface area contributed by atoms with E-state index in [9.17, 15) is 4.39 Å². The summed E-state index contributed by atoms with van der Waals surface area (Å²) in [4.78, 5) is 0. The number of halogens is 1. The maximum Gasteiger partial charge on any atom is 0.123 e. The second-order valence-electron chi connectivity index (χ2n) is 4.83. The minimum Gasteiger partial charge on any atom is -0.271 e. The molecule has 3 N–H and O–H groups in total. The molecule has 20 heavy (non-hydrogen) atoms. The Hall–Kier alpha value is -1.72. The molecule has 4 nitrogen and oxygen atoms in total. The van der Waals surface area contributed by atoms with Crippen LogP contribution >= 0.6 is 0 Å². The molecule has 108 valence electrons. The second-order valence-corrected chi connectivity index (χ2v) is 4.83. The molecular formula is C15H21FN4. The van der Waals surface area contributed by atoms with E-state index < -0.39 is 0 Å². The smallest absolute Gasteiger partial charge is 0.123 e. The summed E-state index contributed by atoms with van der Waals surface area (Å²) in [5.41, 5.74) is 6.59. The standard InChI is InChI=1S/C15H21FN4/c1-4-12-9-14(20(5-2)19-12)15(18-17)13-8-11(16)7-6-10(13)3/h6-9,15,18H,4-5,17H2,1-3H3. The van der Waals surface area contributed by atoms with Crippen molar-refractivity contribution < 1.29 is 4.39 Å². The molecule has 0 amide bonds. The van der Waals surface area contributed by atoms with Crippen molar-refractivity contribution >= 4 is 0 Å². The number of hydrazine groups is 1. The number of hydrogen-bond acceptors (Lipinski definition) is 3. The van der Waals surface area contributed by atoms with Crippen LogP contribution in [0.15, 0.2) is 24.3 Å². The fourth-order valence-corrected chi connectivity index (χ4v) is 2.40. The Labute approximate surface area is 118 Å². The molecule has 0 aliphatic carbocycles. The van der Waals surface area contributed by atoms with Gasteiger partial charge in [-0.1, -0.05) is 13.0 Å². The average Bonchev–Trinajstić information content (AvgIpc) is 2.87. The highest BCUT2D eigenvalue weighted by molar-refractivity contribution is 5.35. The summed E-state index contributed by atoms with van der Waals surface area (Å²) in [6, 6.07) is 6.51. The van der Waals surface area contributed by atoms with Gasteiger partial charge in [0.1, 0.15) is 5.82 Å². The van der Waals surface area contributed by atoms with E-state index in [4.69, 9.17) is 5.84 Å². The van der Waals surface area contributed by atoms with Crippen molar-refractivity contribution in [1.82, 2.24) is 15.2 Å². The zero-order valence-corrected chi connectivity index (χ0v) is 12.2. The van der Waals surface area contributed by atoms with Gasteiger partial charge < -0.3 is 0 Å². The second kappa shape index (κ2) is 6.15. The normalized spacial score (nSPS) is 12.7. The Morgan fingerprint density at radius 3 is 2.70 bits per heavy atom. The average molecular weight is 276 g/mol. The monoisotopic (exact) mass is 276 g/mol. The van der Waals surface area contributed by atoms with Gasteiger partial charge in [-0.3, -0.25) is 10.5 Å². The summed E-state index contributed by atoms with van der Waals surface area (Å²) in [6.07, 6.45) is 0.861. The Morgan fingerprint density at radius 1 is 1.35 bits per heavy atom. The highest BCUT2D eigenvalue weighted by atomic mass is 19.1. The first-order valence-corrected chi connectivity index (χ1v) is 6.89. The van der Waals surface area contributed by atoms with Gasteiger partial charge in [-0.15, -0.1) is 0 Å². The number of nitrogens with one attached hydrogen (secondary N) is 1. The van der Waals surface area contributed by atoms with E-state index in [-0.39, 0.29) is 11.9 Å². The van der Waals surface area contributed by atoms with Gasteiger partial charge in [0.15, 0.2) is 0 Å². The quantitative estimate of drug-likeness (QED) is 0.651. The molecule has 0 fully saturated rings. The fourth-order valence-electron chi connectivity index (χ4n) is 2.40. The van der Waals surface area contributed by atoms with Gasteiger partial charge in [0.2, 0.25) is 0 Å². The van der Waals surface area contributed by atoms with Gasteiger partial charge in [0.25, 0.3) is 0 Å². The largest absolute Gasteiger partial charge is 0.271 e. The van der Waals surface area contributed by atoms with E-state index in [1.165, 1.54) is 12.1 Å². The first-order valence-electron chi connectivity index (χ1n) is 6.89. The summed E-state index contributed by atoms with van der Waals surface area (Å²) in [5.74, 6) is 5.46. The molecule has 0 saturated carbocycles. The maximum atomic E-state index is 13.5. The predicted octanol–water partition coefficient (Wildman–Crippen LogP) is 2.47. The summed E-state index contributed by atoms with van der Waals surface area (Å²) in [5, 5.41) is 4.52. The molecule has 0 aliphatic rings. The van der Waals surface area contributed by atoms with Crippen molar-refractivity contribution in [3.63, 3.8) is 0 Å². The van der Waals surface area contributed by atoms with Crippen LogP contribution in [-0.2, 0) is 13.0 Å². The molecule has 1 aromatic heterocycles. The molecule has 1 unspecified atom stereocenters. The van der Waals surface area contributed by atoms with Crippen LogP contribution in [0.3, 0.4) is 0 Å². The topological polar surface area (TPSA) is 55.9 Å². The van der Waals surface area contributed by atoms with Crippen LogP contribution in [0.1, 0.15) is 42.4 Å². The Balaban J connectivity index is 2.51. The minimum absolute atomic E-state index is 0.260. The maximum absolute atomic E-state index is 13.5. The number of benzene rings is 1. The van der Waals surface area contributed by atoms with Gasteiger partial charge >= 0.3 is 0 Å². The van der Waals surface area contributed by atoms with Gasteiger partial charge in [0.05, 0.1) is 17.4 Å². The molecule has 1 atom stereocenters. The van der Waals surface area contributed by atoms with Crippen LogP contribution in [0.2, 0.25) is 0 Å². The van der Waals surface area contributed by atoms with Gasteiger partial charge in [-0.05, 0) is 49.6 Å².